The lowest BCUT2D eigenvalue weighted by Gasteiger charge is -2.08. The molecule has 112 valence electrons. The van der Waals surface area contributed by atoms with Crippen LogP contribution in [-0.2, 0) is 13.2 Å². The number of aromatic nitrogens is 1. The molecular formula is C16H18F2N2O. The number of nitrogens with zero attached hydrogens (tertiary/aromatic N) is 1. The van der Waals surface area contributed by atoms with Gasteiger partial charge in [0.05, 0.1) is 11.4 Å². The van der Waals surface area contributed by atoms with Gasteiger partial charge in [0.1, 0.15) is 24.0 Å². The Morgan fingerprint density at radius 2 is 1.81 bits per heavy atom. The molecule has 0 saturated carbocycles. The summed E-state index contributed by atoms with van der Waals surface area (Å²) in [4.78, 5) is 4.43. The SMILES string of the molecule is CCCNCc1cccc(COc2cc(F)cc(F)c2)n1. The van der Waals surface area contributed by atoms with Gasteiger partial charge in [0.25, 0.3) is 0 Å². The lowest BCUT2D eigenvalue weighted by Crippen LogP contribution is -2.15. The molecular weight excluding hydrogens is 274 g/mol. The summed E-state index contributed by atoms with van der Waals surface area (Å²) in [5.41, 5.74) is 1.63. The largest absolute Gasteiger partial charge is 0.487 e. The Bertz CT molecular complexity index is 570. The molecule has 0 unspecified atom stereocenters. The minimum atomic E-state index is -0.657. The van der Waals surface area contributed by atoms with Gasteiger partial charge in [0, 0.05) is 24.7 Å². The van der Waals surface area contributed by atoms with Gasteiger partial charge in [0.2, 0.25) is 0 Å². The Labute approximate surface area is 123 Å². The van der Waals surface area contributed by atoms with Crippen LogP contribution in [-0.4, -0.2) is 11.5 Å². The lowest BCUT2D eigenvalue weighted by molar-refractivity contribution is 0.297. The second kappa shape index (κ2) is 7.69. The molecule has 1 heterocycles. The van der Waals surface area contributed by atoms with Crippen LogP contribution in [0.5, 0.6) is 5.75 Å². The van der Waals surface area contributed by atoms with Gasteiger partial charge in [-0.3, -0.25) is 4.98 Å². The highest BCUT2D eigenvalue weighted by molar-refractivity contribution is 5.24. The molecule has 0 spiro atoms. The zero-order valence-electron chi connectivity index (χ0n) is 11.9. The highest BCUT2D eigenvalue weighted by Gasteiger charge is 2.03. The van der Waals surface area contributed by atoms with Crippen LogP contribution in [0, 0.1) is 11.6 Å². The fourth-order valence-electron chi connectivity index (χ4n) is 1.87. The van der Waals surface area contributed by atoms with Crippen LogP contribution in [0.2, 0.25) is 0 Å². The van der Waals surface area contributed by atoms with Crippen molar-refractivity contribution >= 4 is 0 Å². The van der Waals surface area contributed by atoms with Crippen molar-refractivity contribution < 1.29 is 13.5 Å². The van der Waals surface area contributed by atoms with Crippen molar-refractivity contribution in [1.82, 2.24) is 10.3 Å². The summed E-state index contributed by atoms with van der Waals surface area (Å²) in [5, 5.41) is 3.26. The predicted molar refractivity (Wildman–Crippen MR) is 76.9 cm³/mol. The molecule has 2 aromatic rings. The highest BCUT2D eigenvalue weighted by atomic mass is 19.1. The van der Waals surface area contributed by atoms with Gasteiger partial charge in [-0.25, -0.2) is 8.78 Å². The summed E-state index contributed by atoms with van der Waals surface area (Å²) >= 11 is 0. The van der Waals surface area contributed by atoms with Crippen LogP contribution in [0.3, 0.4) is 0 Å². The Morgan fingerprint density at radius 3 is 2.52 bits per heavy atom. The van der Waals surface area contributed by atoms with E-state index in [0.29, 0.717) is 6.54 Å². The molecule has 0 amide bonds. The third-order valence-electron chi connectivity index (χ3n) is 2.82. The third kappa shape index (κ3) is 5.11. The molecule has 0 atom stereocenters. The van der Waals surface area contributed by atoms with E-state index < -0.39 is 11.6 Å². The van der Waals surface area contributed by atoms with E-state index in [-0.39, 0.29) is 12.4 Å². The molecule has 1 N–H and O–H groups in total. The number of benzene rings is 1. The highest BCUT2D eigenvalue weighted by Crippen LogP contribution is 2.16. The number of rotatable bonds is 7. The van der Waals surface area contributed by atoms with Crippen molar-refractivity contribution in [3.63, 3.8) is 0 Å². The van der Waals surface area contributed by atoms with Crippen molar-refractivity contribution in [1.29, 1.82) is 0 Å². The minimum Gasteiger partial charge on any atom is -0.487 e. The smallest absolute Gasteiger partial charge is 0.130 e. The summed E-state index contributed by atoms with van der Waals surface area (Å²) in [5.74, 6) is -1.16. The molecule has 1 aromatic heterocycles. The van der Waals surface area contributed by atoms with E-state index in [9.17, 15) is 8.78 Å². The Balaban J connectivity index is 1.94. The average Bonchev–Trinajstić information content (AvgIpc) is 2.45. The van der Waals surface area contributed by atoms with Gasteiger partial charge < -0.3 is 10.1 Å². The summed E-state index contributed by atoms with van der Waals surface area (Å²) < 4.78 is 31.5. The van der Waals surface area contributed by atoms with E-state index in [4.69, 9.17) is 4.74 Å². The standard InChI is InChI=1S/C16H18F2N2O/c1-2-6-19-10-14-4-3-5-15(20-14)11-21-16-8-12(17)7-13(18)9-16/h3-5,7-9,19H,2,6,10-11H2,1H3. The maximum Gasteiger partial charge on any atom is 0.130 e. The zero-order valence-corrected chi connectivity index (χ0v) is 11.9. The molecule has 0 radical (unpaired) electrons. The van der Waals surface area contributed by atoms with Crippen LogP contribution >= 0.6 is 0 Å². The maximum absolute atomic E-state index is 13.0. The normalized spacial score (nSPS) is 10.6. The second-order valence-electron chi connectivity index (χ2n) is 4.69. The first-order valence-corrected chi connectivity index (χ1v) is 6.92. The number of hydrogen-bond acceptors (Lipinski definition) is 3. The summed E-state index contributed by atoms with van der Waals surface area (Å²) in [7, 11) is 0. The van der Waals surface area contributed by atoms with E-state index in [2.05, 4.69) is 17.2 Å². The second-order valence-corrected chi connectivity index (χ2v) is 4.69. The fourth-order valence-corrected chi connectivity index (χ4v) is 1.87. The quantitative estimate of drug-likeness (QED) is 0.794. The van der Waals surface area contributed by atoms with Crippen LogP contribution in [0.1, 0.15) is 24.7 Å². The Morgan fingerprint density at radius 1 is 1.10 bits per heavy atom. The Kier molecular flexibility index (Phi) is 5.63. The van der Waals surface area contributed by atoms with Crippen molar-refractivity contribution in [2.45, 2.75) is 26.5 Å². The van der Waals surface area contributed by atoms with Gasteiger partial charge in [-0.2, -0.15) is 0 Å². The van der Waals surface area contributed by atoms with Crippen LogP contribution < -0.4 is 10.1 Å². The molecule has 3 nitrogen and oxygen atoms in total. The topological polar surface area (TPSA) is 34.1 Å². The van der Waals surface area contributed by atoms with Gasteiger partial charge in [-0.15, -0.1) is 0 Å². The molecule has 5 heteroatoms. The van der Waals surface area contributed by atoms with Crippen molar-refractivity contribution in [3.05, 3.63) is 59.4 Å². The first-order chi connectivity index (χ1) is 10.2. The van der Waals surface area contributed by atoms with Crippen LogP contribution in [0.25, 0.3) is 0 Å². The van der Waals surface area contributed by atoms with Crippen LogP contribution in [0.15, 0.2) is 36.4 Å². The van der Waals surface area contributed by atoms with Gasteiger partial charge in [0.15, 0.2) is 0 Å². The van der Waals surface area contributed by atoms with Gasteiger partial charge in [-0.1, -0.05) is 13.0 Å². The lowest BCUT2D eigenvalue weighted by atomic mass is 10.3. The maximum atomic E-state index is 13.0. The summed E-state index contributed by atoms with van der Waals surface area (Å²) in [6.07, 6.45) is 1.06. The Hall–Kier alpha value is -2.01. The fraction of sp³-hybridized carbons (Fsp3) is 0.312. The molecule has 0 saturated heterocycles. The molecule has 2 rings (SSSR count). The van der Waals surface area contributed by atoms with E-state index in [1.54, 1.807) is 0 Å². The monoisotopic (exact) mass is 292 g/mol. The number of ether oxygens (including phenoxy) is 1. The molecule has 1 aromatic carbocycles. The zero-order chi connectivity index (χ0) is 15.1. The van der Waals surface area contributed by atoms with E-state index in [1.165, 1.54) is 0 Å². The first kappa shape index (κ1) is 15.4. The average molecular weight is 292 g/mol. The molecule has 0 aliphatic carbocycles. The summed E-state index contributed by atoms with van der Waals surface area (Å²) in [6.45, 7) is 3.90. The molecule has 0 bridgehead atoms. The summed E-state index contributed by atoms with van der Waals surface area (Å²) in [6, 6.07) is 8.74. The number of pyridine rings is 1. The number of halogens is 2. The van der Waals surface area contributed by atoms with Gasteiger partial charge >= 0.3 is 0 Å². The van der Waals surface area contributed by atoms with Crippen molar-refractivity contribution in [3.8, 4) is 5.75 Å². The molecule has 0 aliphatic rings. The van der Waals surface area contributed by atoms with Gasteiger partial charge in [-0.05, 0) is 25.1 Å². The minimum absolute atomic E-state index is 0.156. The third-order valence-corrected chi connectivity index (χ3v) is 2.82. The van der Waals surface area contributed by atoms with Crippen molar-refractivity contribution in [2.75, 3.05) is 6.54 Å². The molecule has 21 heavy (non-hydrogen) atoms. The van der Waals surface area contributed by atoms with Crippen LogP contribution in [0.4, 0.5) is 8.78 Å². The first-order valence-electron chi connectivity index (χ1n) is 6.92. The molecule has 0 aliphatic heterocycles. The van der Waals surface area contributed by atoms with E-state index >= 15 is 0 Å². The molecule has 0 fully saturated rings. The van der Waals surface area contributed by atoms with Crippen molar-refractivity contribution in [2.24, 2.45) is 0 Å². The predicted octanol–water partition coefficient (Wildman–Crippen LogP) is 3.44. The van der Waals surface area contributed by atoms with E-state index in [1.807, 2.05) is 18.2 Å². The van der Waals surface area contributed by atoms with E-state index in [0.717, 1.165) is 42.6 Å². The number of nitrogens with one attached hydrogen (secondary N) is 1. The number of hydrogen-bond donors (Lipinski definition) is 1.